The number of nitrogens with two attached hydrogens (primary N) is 1. The minimum atomic E-state index is 0.0754. The second kappa shape index (κ2) is 5.60. The van der Waals surface area contributed by atoms with Gasteiger partial charge in [0.15, 0.2) is 5.78 Å². The molecule has 1 aromatic heterocycles. The zero-order valence-corrected chi connectivity index (χ0v) is 9.31. The van der Waals surface area contributed by atoms with Crippen LogP contribution in [-0.2, 0) is 6.54 Å². The molecular formula is C10H18N4O. The van der Waals surface area contributed by atoms with E-state index >= 15 is 0 Å². The molecule has 1 rings (SSSR count). The molecule has 15 heavy (non-hydrogen) atoms. The van der Waals surface area contributed by atoms with Crippen molar-refractivity contribution >= 4 is 5.78 Å². The van der Waals surface area contributed by atoms with E-state index in [2.05, 4.69) is 10.3 Å². The SMILES string of the molecule is CCCn1nncc1C(=O)CC(C)CN. The van der Waals surface area contributed by atoms with Crippen LogP contribution < -0.4 is 5.73 Å². The number of hydrogen-bond acceptors (Lipinski definition) is 4. The fourth-order valence-corrected chi connectivity index (χ4v) is 1.35. The van der Waals surface area contributed by atoms with Gasteiger partial charge in [0.25, 0.3) is 0 Å². The van der Waals surface area contributed by atoms with Gasteiger partial charge in [-0.25, -0.2) is 4.68 Å². The first-order chi connectivity index (χ1) is 7.19. The van der Waals surface area contributed by atoms with Gasteiger partial charge in [-0.2, -0.15) is 0 Å². The molecular weight excluding hydrogens is 192 g/mol. The van der Waals surface area contributed by atoms with Crippen LogP contribution >= 0.6 is 0 Å². The quantitative estimate of drug-likeness (QED) is 0.706. The van der Waals surface area contributed by atoms with Gasteiger partial charge in [0, 0.05) is 13.0 Å². The second-order valence-corrected chi connectivity index (χ2v) is 3.81. The number of Topliss-reactive ketones (excluding diaryl/α,β-unsaturated/α-hetero) is 1. The van der Waals surface area contributed by atoms with Crippen LogP contribution in [-0.4, -0.2) is 27.3 Å². The van der Waals surface area contributed by atoms with Gasteiger partial charge in [-0.3, -0.25) is 4.79 Å². The lowest BCUT2D eigenvalue weighted by molar-refractivity contribution is 0.0955. The molecule has 2 N–H and O–H groups in total. The number of carbonyl (C=O) groups is 1. The van der Waals surface area contributed by atoms with E-state index in [4.69, 9.17) is 5.73 Å². The van der Waals surface area contributed by atoms with Crippen molar-refractivity contribution < 1.29 is 4.79 Å². The van der Waals surface area contributed by atoms with Crippen LogP contribution in [0.4, 0.5) is 0 Å². The molecule has 1 unspecified atom stereocenters. The number of aromatic nitrogens is 3. The normalized spacial score (nSPS) is 12.7. The van der Waals surface area contributed by atoms with Gasteiger partial charge in [-0.1, -0.05) is 19.1 Å². The van der Waals surface area contributed by atoms with E-state index < -0.39 is 0 Å². The van der Waals surface area contributed by atoms with Gasteiger partial charge in [-0.05, 0) is 18.9 Å². The van der Waals surface area contributed by atoms with Crippen molar-refractivity contribution in [2.75, 3.05) is 6.54 Å². The Kier molecular flexibility index (Phi) is 4.42. The second-order valence-electron chi connectivity index (χ2n) is 3.81. The van der Waals surface area contributed by atoms with E-state index in [1.165, 1.54) is 6.20 Å². The van der Waals surface area contributed by atoms with Crippen LogP contribution in [0.1, 0.15) is 37.2 Å². The third-order valence-corrected chi connectivity index (χ3v) is 2.28. The Labute approximate surface area is 89.6 Å². The third-order valence-electron chi connectivity index (χ3n) is 2.28. The van der Waals surface area contributed by atoms with E-state index in [1.54, 1.807) is 4.68 Å². The summed E-state index contributed by atoms with van der Waals surface area (Å²) in [5.41, 5.74) is 6.07. The summed E-state index contributed by atoms with van der Waals surface area (Å²) < 4.78 is 1.66. The van der Waals surface area contributed by atoms with Crippen LogP contribution in [0.15, 0.2) is 6.20 Å². The van der Waals surface area contributed by atoms with Crippen LogP contribution in [0.3, 0.4) is 0 Å². The van der Waals surface area contributed by atoms with Gasteiger partial charge in [0.1, 0.15) is 5.69 Å². The van der Waals surface area contributed by atoms with Crippen molar-refractivity contribution in [3.63, 3.8) is 0 Å². The van der Waals surface area contributed by atoms with E-state index in [9.17, 15) is 4.79 Å². The lowest BCUT2D eigenvalue weighted by Crippen LogP contribution is -2.18. The lowest BCUT2D eigenvalue weighted by Gasteiger charge is -2.07. The number of nitrogens with zero attached hydrogens (tertiary/aromatic N) is 3. The van der Waals surface area contributed by atoms with Gasteiger partial charge < -0.3 is 5.73 Å². The maximum atomic E-state index is 11.8. The molecule has 1 heterocycles. The van der Waals surface area contributed by atoms with Crippen LogP contribution in [0, 0.1) is 5.92 Å². The summed E-state index contributed by atoms with van der Waals surface area (Å²) in [5, 5.41) is 7.63. The zero-order chi connectivity index (χ0) is 11.3. The maximum absolute atomic E-state index is 11.8. The Balaban J connectivity index is 2.68. The highest BCUT2D eigenvalue weighted by molar-refractivity contribution is 5.94. The highest BCUT2D eigenvalue weighted by Crippen LogP contribution is 2.08. The fraction of sp³-hybridized carbons (Fsp3) is 0.700. The minimum Gasteiger partial charge on any atom is -0.330 e. The first kappa shape index (κ1) is 11.8. The highest BCUT2D eigenvalue weighted by Gasteiger charge is 2.15. The van der Waals surface area contributed by atoms with Gasteiger partial charge in [-0.15, -0.1) is 5.10 Å². The molecule has 0 aliphatic carbocycles. The van der Waals surface area contributed by atoms with E-state index in [-0.39, 0.29) is 11.7 Å². The van der Waals surface area contributed by atoms with E-state index in [1.807, 2.05) is 13.8 Å². The summed E-state index contributed by atoms with van der Waals surface area (Å²) in [6.45, 7) is 5.27. The van der Waals surface area contributed by atoms with Crippen molar-refractivity contribution in [2.24, 2.45) is 11.7 Å². The van der Waals surface area contributed by atoms with E-state index in [0.29, 0.717) is 18.7 Å². The summed E-state index contributed by atoms with van der Waals surface area (Å²) in [6.07, 6.45) is 2.94. The summed E-state index contributed by atoms with van der Waals surface area (Å²) >= 11 is 0. The minimum absolute atomic E-state index is 0.0754. The van der Waals surface area contributed by atoms with Crippen molar-refractivity contribution in [3.8, 4) is 0 Å². The summed E-state index contributed by atoms with van der Waals surface area (Å²) in [7, 11) is 0. The van der Waals surface area contributed by atoms with Crippen molar-refractivity contribution in [2.45, 2.75) is 33.2 Å². The molecule has 1 atom stereocenters. The Bertz CT molecular complexity index is 321. The molecule has 0 amide bonds. The predicted octanol–water partition coefficient (Wildman–Crippen LogP) is 0.856. The van der Waals surface area contributed by atoms with Crippen LogP contribution in [0.5, 0.6) is 0 Å². The van der Waals surface area contributed by atoms with Gasteiger partial charge in [0.2, 0.25) is 0 Å². The van der Waals surface area contributed by atoms with Crippen molar-refractivity contribution in [1.29, 1.82) is 0 Å². The van der Waals surface area contributed by atoms with Gasteiger partial charge in [0.05, 0.1) is 6.20 Å². The summed E-state index contributed by atoms with van der Waals surface area (Å²) in [4.78, 5) is 11.8. The number of hydrogen-bond donors (Lipinski definition) is 1. The Morgan fingerprint density at radius 2 is 2.40 bits per heavy atom. The first-order valence-corrected chi connectivity index (χ1v) is 5.30. The molecule has 0 bridgehead atoms. The third kappa shape index (κ3) is 3.13. The molecule has 0 aliphatic heterocycles. The predicted molar refractivity (Wildman–Crippen MR) is 57.5 cm³/mol. The molecule has 5 heteroatoms. The Hall–Kier alpha value is -1.23. The zero-order valence-electron chi connectivity index (χ0n) is 9.31. The molecule has 0 aromatic carbocycles. The lowest BCUT2D eigenvalue weighted by atomic mass is 10.0. The molecule has 1 aromatic rings. The molecule has 0 fully saturated rings. The molecule has 0 saturated heterocycles. The number of carbonyl (C=O) groups excluding carboxylic acids is 1. The highest BCUT2D eigenvalue weighted by atomic mass is 16.1. The van der Waals surface area contributed by atoms with Crippen LogP contribution in [0.2, 0.25) is 0 Å². The Morgan fingerprint density at radius 3 is 3.00 bits per heavy atom. The topological polar surface area (TPSA) is 73.8 Å². The molecule has 0 aliphatic rings. The monoisotopic (exact) mass is 210 g/mol. The Morgan fingerprint density at radius 1 is 1.67 bits per heavy atom. The van der Waals surface area contributed by atoms with E-state index in [0.717, 1.165) is 13.0 Å². The van der Waals surface area contributed by atoms with Gasteiger partial charge >= 0.3 is 0 Å². The first-order valence-electron chi connectivity index (χ1n) is 5.30. The largest absolute Gasteiger partial charge is 0.330 e. The number of ketones is 1. The average molecular weight is 210 g/mol. The standard InChI is InChI=1S/C10H18N4O/c1-3-4-14-9(7-12-13-14)10(15)5-8(2)6-11/h7-8H,3-6,11H2,1-2H3. The molecule has 5 nitrogen and oxygen atoms in total. The number of aryl methyl sites for hydroxylation is 1. The fourth-order valence-electron chi connectivity index (χ4n) is 1.35. The maximum Gasteiger partial charge on any atom is 0.182 e. The summed E-state index contributed by atoms with van der Waals surface area (Å²) in [6, 6.07) is 0. The molecule has 0 saturated carbocycles. The number of rotatable bonds is 6. The molecule has 0 spiro atoms. The smallest absolute Gasteiger partial charge is 0.182 e. The molecule has 84 valence electrons. The summed E-state index contributed by atoms with van der Waals surface area (Å²) in [5.74, 6) is 0.286. The van der Waals surface area contributed by atoms with Crippen LogP contribution in [0.25, 0.3) is 0 Å². The average Bonchev–Trinajstić information content (AvgIpc) is 2.66. The van der Waals surface area contributed by atoms with Crippen molar-refractivity contribution in [1.82, 2.24) is 15.0 Å². The molecule has 0 radical (unpaired) electrons. The van der Waals surface area contributed by atoms with Crippen molar-refractivity contribution in [3.05, 3.63) is 11.9 Å².